The highest BCUT2D eigenvalue weighted by molar-refractivity contribution is 6.37. The van der Waals surface area contributed by atoms with Crippen LogP contribution in [-0.2, 0) is 12.6 Å². The Balaban J connectivity index is 1.61. The molecule has 1 fully saturated rings. The highest BCUT2D eigenvalue weighted by atomic mass is 35.5. The van der Waals surface area contributed by atoms with Crippen molar-refractivity contribution in [2.45, 2.75) is 38.4 Å². The number of piperidine rings is 1. The predicted octanol–water partition coefficient (Wildman–Crippen LogP) is 7.39. The molecule has 1 N–H and O–H groups in total. The summed E-state index contributed by atoms with van der Waals surface area (Å²) in [5.41, 5.74) is 3.50. The summed E-state index contributed by atoms with van der Waals surface area (Å²) in [6.45, 7) is 7.79. The van der Waals surface area contributed by atoms with Crippen molar-refractivity contribution in [3.63, 3.8) is 0 Å². The van der Waals surface area contributed by atoms with Crippen LogP contribution in [-0.4, -0.2) is 48.0 Å². The molecule has 0 saturated carbocycles. The zero-order valence-corrected chi connectivity index (χ0v) is 21.0. The van der Waals surface area contributed by atoms with E-state index in [0.29, 0.717) is 33.6 Å². The van der Waals surface area contributed by atoms with Gasteiger partial charge in [-0.25, -0.2) is 0 Å². The summed E-state index contributed by atoms with van der Waals surface area (Å²) in [6, 6.07) is 8.44. The maximum absolute atomic E-state index is 13.2. The van der Waals surface area contributed by atoms with E-state index in [1.165, 1.54) is 6.07 Å². The number of aromatic nitrogens is 1. The molecule has 1 saturated heterocycles. The maximum Gasteiger partial charge on any atom is 0.416 e. The second-order valence-corrected chi connectivity index (χ2v) is 10.0. The van der Waals surface area contributed by atoms with E-state index in [1.807, 2.05) is 18.2 Å². The number of aryl methyl sites for hydroxylation is 1. The van der Waals surface area contributed by atoms with E-state index in [0.717, 1.165) is 59.9 Å². The highest BCUT2D eigenvalue weighted by Crippen LogP contribution is 2.37. The van der Waals surface area contributed by atoms with Gasteiger partial charge < -0.3 is 14.8 Å². The first-order valence-corrected chi connectivity index (χ1v) is 12.0. The van der Waals surface area contributed by atoms with E-state index >= 15 is 0 Å². The molecule has 0 aliphatic carbocycles. The summed E-state index contributed by atoms with van der Waals surface area (Å²) in [5.74, 6) is 0. The minimum absolute atomic E-state index is 0.372. The molecule has 1 aliphatic heterocycles. The van der Waals surface area contributed by atoms with Gasteiger partial charge in [-0.2, -0.15) is 13.2 Å². The monoisotopic (exact) mass is 509 g/mol. The van der Waals surface area contributed by atoms with Gasteiger partial charge in [0.1, 0.15) is 0 Å². The molecule has 4 rings (SSSR count). The first-order valence-electron chi connectivity index (χ1n) is 11.2. The molecule has 2 heterocycles. The van der Waals surface area contributed by atoms with Gasteiger partial charge in [-0.15, -0.1) is 0 Å². The maximum atomic E-state index is 13.2. The zero-order chi connectivity index (χ0) is 24.8. The van der Waals surface area contributed by atoms with E-state index < -0.39 is 11.7 Å². The van der Waals surface area contributed by atoms with Gasteiger partial charge in [-0.1, -0.05) is 29.8 Å². The second kappa shape index (κ2) is 9.48. The summed E-state index contributed by atoms with van der Waals surface area (Å²) >= 11 is 13.3. The highest BCUT2D eigenvalue weighted by Gasteiger charge is 2.31. The second-order valence-electron chi connectivity index (χ2n) is 9.24. The third kappa shape index (κ3) is 4.95. The lowest BCUT2D eigenvalue weighted by atomic mass is 10.00. The molecule has 1 aliphatic rings. The number of rotatable bonds is 5. The largest absolute Gasteiger partial charge is 0.416 e. The summed E-state index contributed by atoms with van der Waals surface area (Å²) in [5, 5.41) is 1.79. The Kier molecular flexibility index (Phi) is 6.96. The van der Waals surface area contributed by atoms with Crippen LogP contribution < -0.4 is 0 Å². The van der Waals surface area contributed by atoms with Crippen LogP contribution in [0.5, 0.6) is 0 Å². The molecule has 182 valence electrons. The summed E-state index contributed by atoms with van der Waals surface area (Å²) < 4.78 is 39.7. The van der Waals surface area contributed by atoms with Crippen LogP contribution in [0.4, 0.5) is 13.2 Å². The van der Waals surface area contributed by atoms with Crippen molar-refractivity contribution in [1.29, 1.82) is 0 Å². The molecule has 0 spiro atoms. The number of halogens is 5. The van der Waals surface area contributed by atoms with Crippen LogP contribution in [0, 0.1) is 6.92 Å². The number of alkyl halides is 3. The molecule has 3 nitrogen and oxygen atoms in total. The fraction of sp³-hybridized carbons (Fsp3) is 0.385. The van der Waals surface area contributed by atoms with Gasteiger partial charge in [-0.05, 0) is 75.3 Å². The smallest absolute Gasteiger partial charge is 0.371 e. The molecule has 0 unspecified atom stereocenters. The minimum atomic E-state index is -4.40. The molecule has 0 amide bonds. The van der Waals surface area contributed by atoms with Gasteiger partial charge >= 0.3 is 6.18 Å². The van der Waals surface area contributed by atoms with Gasteiger partial charge in [-0.3, -0.25) is 0 Å². The number of nitrogens with one attached hydrogen (secondary N) is 1. The molecule has 1 aromatic heterocycles. The number of aromatic amines is 1. The molecule has 34 heavy (non-hydrogen) atoms. The molecule has 0 radical (unpaired) electrons. The van der Waals surface area contributed by atoms with Crippen LogP contribution >= 0.6 is 23.2 Å². The lowest BCUT2D eigenvalue weighted by Gasteiger charge is -2.37. The SMILES string of the molecule is C=C(c1ccc(Cl)c(Cc2cc3c(C)cc(C(F)(F)F)cc3[nH]2)c1Cl)N1CCC(N(C)C)CC1. The first kappa shape index (κ1) is 25.0. The predicted molar refractivity (Wildman–Crippen MR) is 135 cm³/mol. The summed E-state index contributed by atoms with van der Waals surface area (Å²) in [6.07, 6.45) is -1.92. The Morgan fingerprint density at radius 2 is 1.82 bits per heavy atom. The standard InChI is InChI=1S/C26H28Cl2F3N3/c1-15-11-17(26(29,30)31)12-24-21(15)13-18(32-24)14-22-23(27)6-5-20(25(22)28)16(2)34-9-7-19(8-10-34)33(3)4/h5-6,11-13,19,32H,2,7-10,14H2,1,3-4H3. The van der Waals surface area contributed by atoms with Gasteiger partial charge in [0, 0.05) is 58.4 Å². The number of nitrogens with zero attached hydrogens (tertiary/aromatic N) is 2. The quantitative estimate of drug-likeness (QED) is 0.387. The zero-order valence-electron chi connectivity index (χ0n) is 19.5. The number of fused-ring (bicyclic) bond motifs is 1. The van der Waals surface area contributed by atoms with E-state index in [9.17, 15) is 13.2 Å². The number of benzene rings is 2. The minimum Gasteiger partial charge on any atom is -0.371 e. The molecular weight excluding hydrogens is 482 g/mol. The Labute approximate surface area is 208 Å². The molecule has 0 bridgehead atoms. The van der Waals surface area contributed by atoms with E-state index in [4.69, 9.17) is 23.2 Å². The lowest BCUT2D eigenvalue weighted by Crippen LogP contribution is -2.41. The average Bonchev–Trinajstić information content (AvgIpc) is 3.19. The normalized spacial score (nSPS) is 15.5. The fourth-order valence-corrected chi connectivity index (χ4v) is 5.34. The van der Waals surface area contributed by atoms with Crippen LogP contribution in [0.1, 0.15) is 40.8 Å². The average molecular weight is 510 g/mol. The van der Waals surface area contributed by atoms with Gasteiger partial charge in [0.2, 0.25) is 0 Å². The molecule has 2 aromatic carbocycles. The fourth-order valence-electron chi connectivity index (χ4n) is 4.73. The summed E-state index contributed by atoms with van der Waals surface area (Å²) in [7, 11) is 4.21. The Hall–Kier alpha value is -2.15. The van der Waals surface area contributed by atoms with Crippen LogP contribution in [0.15, 0.2) is 36.9 Å². The van der Waals surface area contributed by atoms with Crippen molar-refractivity contribution in [2.75, 3.05) is 27.2 Å². The van der Waals surface area contributed by atoms with Crippen LogP contribution in [0.2, 0.25) is 10.0 Å². The third-order valence-corrected chi connectivity index (χ3v) is 7.55. The van der Waals surface area contributed by atoms with Gasteiger partial charge in [0.25, 0.3) is 0 Å². The van der Waals surface area contributed by atoms with Crippen LogP contribution in [0.3, 0.4) is 0 Å². The van der Waals surface area contributed by atoms with Crippen molar-refractivity contribution in [3.8, 4) is 0 Å². The van der Waals surface area contributed by atoms with Gasteiger partial charge in [0.15, 0.2) is 0 Å². The molecule has 3 aromatic rings. The number of H-pyrrole nitrogens is 1. The molecular formula is C26H28Cl2F3N3. The number of hydrogen-bond donors (Lipinski definition) is 1. The van der Waals surface area contributed by atoms with Crippen molar-refractivity contribution in [2.24, 2.45) is 0 Å². The summed E-state index contributed by atoms with van der Waals surface area (Å²) in [4.78, 5) is 7.64. The topological polar surface area (TPSA) is 22.3 Å². The van der Waals surface area contributed by atoms with E-state index in [-0.39, 0.29) is 0 Å². The third-order valence-electron chi connectivity index (χ3n) is 6.77. The Morgan fingerprint density at radius 3 is 2.44 bits per heavy atom. The molecule has 0 atom stereocenters. The number of likely N-dealkylation sites (tertiary alicyclic amines) is 1. The van der Waals surface area contributed by atoms with Crippen LogP contribution in [0.25, 0.3) is 16.6 Å². The lowest BCUT2D eigenvalue weighted by molar-refractivity contribution is -0.137. The van der Waals surface area contributed by atoms with Crippen molar-refractivity contribution >= 4 is 39.8 Å². The molecule has 8 heteroatoms. The Bertz CT molecular complexity index is 1220. The van der Waals surface area contributed by atoms with Crippen molar-refractivity contribution in [3.05, 3.63) is 74.9 Å². The van der Waals surface area contributed by atoms with E-state index in [1.54, 1.807) is 6.92 Å². The van der Waals surface area contributed by atoms with E-state index in [2.05, 4.69) is 35.5 Å². The van der Waals surface area contributed by atoms with Crippen molar-refractivity contribution < 1.29 is 13.2 Å². The first-order chi connectivity index (χ1) is 16.0. The Morgan fingerprint density at radius 1 is 1.15 bits per heavy atom. The van der Waals surface area contributed by atoms with Crippen molar-refractivity contribution in [1.82, 2.24) is 14.8 Å². The van der Waals surface area contributed by atoms with Gasteiger partial charge in [0.05, 0.1) is 10.6 Å². The number of hydrogen-bond acceptors (Lipinski definition) is 2.